The first kappa shape index (κ1) is 21.1. The van der Waals surface area contributed by atoms with Gasteiger partial charge in [-0.1, -0.05) is 37.3 Å². The van der Waals surface area contributed by atoms with Crippen LogP contribution in [0.1, 0.15) is 30.0 Å². The molecule has 0 unspecified atom stereocenters. The summed E-state index contributed by atoms with van der Waals surface area (Å²) in [4.78, 5) is 16.1. The van der Waals surface area contributed by atoms with Crippen molar-refractivity contribution >= 4 is 12.0 Å². The van der Waals surface area contributed by atoms with Crippen LogP contribution >= 0.6 is 0 Å². The maximum atomic E-state index is 12.1. The first-order valence-corrected chi connectivity index (χ1v) is 10.0. The molecule has 1 aromatic heterocycles. The van der Waals surface area contributed by atoms with Crippen LogP contribution in [0.2, 0.25) is 0 Å². The maximum absolute atomic E-state index is 12.1. The summed E-state index contributed by atoms with van der Waals surface area (Å²) >= 11 is 0. The highest BCUT2D eigenvalue weighted by Crippen LogP contribution is 2.15. The van der Waals surface area contributed by atoms with Crippen LogP contribution in [-0.2, 0) is 17.9 Å². The number of benzene rings is 2. The van der Waals surface area contributed by atoms with Crippen molar-refractivity contribution in [1.82, 2.24) is 10.3 Å². The van der Waals surface area contributed by atoms with Gasteiger partial charge in [-0.25, -0.2) is 0 Å². The highest BCUT2D eigenvalue weighted by molar-refractivity contribution is 5.91. The fraction of sp³-hybridized carbons (Fsp3) is 0.200. The molecule has 0 aliphatic heterocycles. The second-order valence-corrected chi connectivity index (χ2v) is 6.76. The van der Waals surface area contributed by atoms with E-state index in [0.29, 0.717) is 19.8 Å². The standard InChI is InChI=1S/C25H26N2O3/c1-2-16-29-23-10-5-20(6-11-23)9-14-25(28)27-18-21-7-12-24(13-8-21)30-19-22-4-3-15-26-17-22/h3-15,17H,2,16,18-19H2,1H3,(H,27,28)/b14-9+. The molecule has 1 heterocycles. The molecular weight excluding hydrogens is 376 g/mol. The van der Waals surface area contributed by atoms with E-state index in [4.69, 9.17) is 9.47 Å². The molecule has 2 aromatic carbocycles. The number of amides is 1. The lowest BCUT2D eigenvalue weighted by Gasteiger charge is -2.07. The van der Waals surface area contributed by atoms with Gasteiger partial charge < -0.3 is 14.8 Å². The van der Waals surface area contributed by atoms with Crippen molar-refractivity contribution in [1.29, 1.82) is 0 Å². The van der Waals surface area contributed by atoms with Crippen molar-refractivity contribution in [3.05, 3.63) is 95.8 Å². The highest BCUT2D eigenvalue weighted by Gasteiger charge is 2.00. The minimum absolute atomic E-state index is 0.141. The lowest BCUT2D eigenvalue weighted by Crippen LogP contribution is -2.20. The van der Waals surface area contributed by atoms with E-state index in [1.54, 1.807) is 18.5 Å². The third kappa shape index (κ3) is 7.09. The quantitative estimate of drug-likeness (QED) is 0.496. The first-order valence-electron chi connectivity index (χ1n) is 10.0. The summed E-state index contributed by atoms with van der Waals surface area (Å²) < 4.78 is 11.3. The zero-order chi connectivity index (χ0) is 21.0. The lowest BCUT2D eigenvalue weighted by molar-refractivity contribution is -0.116. The zero-order valence-electron chi connectivity index (χ0n) is 17.1. The minimum atomic E-state index is -0.141. The van der Waals surface area contributed by atoms with Crippen LogP contribution in [0.4, 0.5) is 0 Å². The Morgan fingerprint density at radius 2 is 1.70 bits per heavy atom. The summed E-state index contributed by atoms with van der Waals surface area (Å²) in [6.07, 6.45) is 7.82. The van der Waals surface area contributed by atoms with Gasteiger partial charge in [-0.05, 0) is 54.0 Å². The largest absolute Gasteiger partial charge is 0.494 e. The molecule has 0 spiro atoms. The molecule has 5 heteroatoms. The van der Waals surface area contributed by atoms with Gasteiger partial charge in [0.1, 0.15) is 18.1 Å². The highest BCUT2D eigenvalue weighted by atomic mass is 16.5. The van der Waals surface area contributed by atoms with E-state index < -0.39 is 0 Å². The summed E-state index contributed by atoms with van der Waals surface area (Å²) in [7, 11) is 0. The van der Waals surface area contributed by atoms with Crippen LogP contribution in [0.5, 0.6) is 11.5 Å². The Morgan fingerprint density at radius 1 is 0.967 bits per heavy atom. The van der Waals surface area contributed by atoms with Gasteiger partial charge in [0.2, 0.25) is 5.91 Å². The molecule has 5 nitrogen and oxygen atoms in total. The van der Waals surface area contributed by atoms with Gasteiger partial charge in [0.15, 0.2) is 0 Å². The Kier molecular flexibility index (Phi) is 8.03. The number of carbonyl (C=O) groups excluding carboxylic acids is 1. The molecule has 0 radical (unpaired) electrons. The van der Waals surface area contributed by atoms with Crippen LogP contribution < -0.4 is 14.8 Å². The fourth-order valence-corrected chi connectivity index (χ4v) is 2.67. The average molecular weight is 402 g/mol. The smallest absolute Gasteiger partial charge is 0.244 e. The van der Waals surface area contributed by atoms with Gasteiger partial charge in [-0.3, -0.25) is 9.78 Å². The van der Waals surface area contributed by atoms with E-state index in [2.05, 4.69) is 17.2 Å². The number of ether oxygens (including phenoxy) is 2. The van der Waals surface area contributed by atoms with Crippen LogP contribution in [0.25, 0.3) is 6.08 Å². The molecule has 1 amide bonds. The number of carbonyl (C=O) groups is 1. The van der Waals surface area contributed by atoms with E-state index in [9.17, 15) is 4.79 Å². The molecular formula is C25H26N2O3. The third-order valence-corrected chi connectivity index (χ3v) is 4.30. The summed E-state index contributed by atoms with van der Waals surface area (Å²) in [5.74, 6) is 1.48. The van der Waals surface area contributed by atoms with E-state index in [0.717, 1.165) is 34.6 Å². The van der Waals surface area contributed by atoms with Crippen LogP contribution in [-0.4, -0.2) is 17.5 Å². The minimum Gasteiger partial charge on any atom is -0.494 e. The van der Waals surface area contributed by atoms with Gasteiger partial charge in [-0.15, -0.1) is 0 Å². The first-order chi connectivity index (χ1) is 14.7. The number of hydrogen-bond donors (Lipinski definition) is 1. The Bertz CT molecular complexity index is 936. The Hall–Kier alpha value is -3.60. The molecule has 3 aromatic rings. The molecule has 0 bridgehead atoms. The molecule has 0 atom stereocenters. The molecule has 0 aliphatic carbocycles. The van der Waals surface area contributed by atoms with Crippen molar-refractivity contribution in [3.63, 3.8) is 0 Å². The van der Waals surface area contributed by atoms with Crippen molar-refractivity contribution in [2.45, 2.75) is 26.5 Å². The molecule has 0 fully saturated rings. The van der Waals surface area contributed by atoms with Gasteiger partial charge in [0, 0.05) is 30.6 Å². The van der Waals surface area contributed by atoms with Crippen molar-refractivity contribution < 1.29 is 14.3 Å². The second-order valence-electron chi connectivity index (χ2n) is 6.76. The summed E-state index contributed by atoms with van der Waals surface area (Å²) in [6, 6.07) is 19.2. The zero-order valence-corrected chi connectivity index (χ0v) is 17.1. The van der Waals surface area contributed by atoms with E-state index in [1.165, 1.54) is 6.08 Å². The molecule has 154 valence electrons. The Labute approximate surface area is 177 Å². The normalized spacial score (nSPS) is 10.7. The SMILES string of the molecule is CCCOc1ccc(/C=C/C(=O)NCc2ccc(OCc3cccnc3)cc2)cc1. The Balaban J connectivity index is 1.42. The number of hydrogen-bond acceptors (Lipinski definition) is 4. The van der Waals surface area contributed by atoms with E-state index in [1.807, 2.05) is 60.7 Å². The Morgan fingerprint density at radius 3 is 2.40 bits per heavy atom. The van der Waals surface area contributed by atoms with Gasteiger partial charge in [0.25, 0.3) is 0 Å². The molecule has 0 saturated heterocycles. The van der Waals surface area contributed by atoms with Crippen LogP contribution in [0, 0.1) is 0 Å². The lowest BCUT2D eigenvalue weighted by atomic mass is 10.2. The number of pyridine rings is 1. The van der Waals surface area contributed by atoms with Crippen LogP contribution in [0.15, 0.2) is 79.1 Å². The van der Waals surface area contributed by atoms with Crippen molar-refractivity contribution in [3.8, 4) is 11.5 Å². The molecule has 30 heavy (non-hydrogen) atoms. The number of nitrogens with zero attached hydrogens (tertiary/aromatic N) is 1. The molecule has 0 aliphatic rings. The van der Waals surface area contributed by atoms with Gasteiger partial charge in [-0.2, -0.15) is 0 Å². The predicted octanol–water partition coefficient (Wildman–Crippen LogP) is 4.78. The summed E-state index contributed by atoms with van der Waals surface area (Å²) in [5, 5.41) is 2.89. The van der Waals surface area contributed by atoms with E-state index >= 15 is 0 Å². The van der Waals surface area contributed by atoms with Crippen molar-refractivity contribution in [2.24, 2.45) is 0 Å². The molecule has 3 rings (SSSR count). The van der Waals surface area contributed by atoms with Gasteiger partial charge >= 0.3 is 0 Å². The fourth-order valence-electron chi connectivity index (χ4n) is 2.67. The number of rotatable bonds is 10. The monoisotopic (exact) mass is 402 g/mol. The molecule has 1 N–H and O–H groups in total. The predicted molar refractivity (Wildman–Crippen MR) is 118 cm³/mol. The molecule has 0 saturated carbocycles. The van der Waals surface area contributed by atoms with Gasteiger partial charge in [0.05, 0.1) is 6.61 Å². The summed E-state index contributed by atoms with van der Waals surface area (Å²) in [5.41, 5.74) is 2.97. The summed E-state index contributed by atoms with van der Waals surface area (Å²) in [6.45, 7) is 3.70. The second kappa shape index (κ2) is 11.4. The van der Waals surface area contributed by atoms with Crippen LogP contribution in [0.3, 0.4) is 0 Å². The average Bonchev–Trinajstić information content (AvgIpc) is 2.80. The number of nitrogens with one attached hydrogen (secondary N) is 1. The maximum Gasteiger partial charge on any atom is 0.244 e. The van der Waals surface area contributed by atoms with E-state index in [-0.39, 0.29) is 5.91 Å². The number of aromatic nitrogens is 1. The third-order valence-electron chi connectivity index (χ3n) is 4.30. The topological polar surface area (TPSA) is 60.5 Å². The van der Waals surface area contributed by atoms with Crippen molar-refractivity contribution in [2.75, 3.05) is 6.61 Å².